The van der Waals surface area contributed by atoms with Gasteiger partial charge in [0.15, 0.2) is 0 Å². The van der Waals surface area contributed by atoms with Crippen molar-refractivity contribution in [3.8, 4) is 11.8 Å². The number of halogens is 1. The van der Waals surface area contributed by atoms with Crippen molar-refractivity contribution in [1.82, 2.24) is 29.7 Å². The van der Waals surface area contributed by atoms with Gasteiger partial charge < -0.3 is 10.2 Å². The van der Waals surface area contributed by atoms with Gasteiger partial charge in [-0.2, -0.15) is 5.26 Å². The van der Waals surface area contributed by atoms with Crippen molar-refractivity contribution in [2.75, 3.05) is 31.7 Å². The lowest BCUT2D eigenvalue weighted by atomic mass is 10.2. The number of thioether (sulfide) groups is 1. The summed E-state index contributed by atoms with van der Waals surface area (Å²) in [5, 5.41) is 24.6. The van der Waals surface area contributed by atoms with E-state index in [0.717, 1.165) is 17.8 Å². The smallest absolute Gasteiger partial charge is 0.236 e. The largest absolute Gasteiger partial charge is 0.310 e. The average molecular weight is 443 g/mol. The molecule has 0 radical (unpaired) electrons. The zero-order valence-corrected chi connectivity index (χ0v) is 18.6. The summed E-state index contributed by atoms with van der Waals surface area (Å²) >= 11 is 1.22. The fourth-order valence-electron chi connectivity index (χ4n) is 3.01. The highest BCUT2D eigenvalue weighted by Crippen LogP contribution is 2.30. The third-order valence-corrected chi connectivity index (χ3v) is 5.72. The minimum atomic E-state index is -0.361. The number of carbonyl (C=O) groups excluding carboxylic acids is 1. The van der Waals surface area contributed by atoms with Crippen LogP contribution in [0.5, 0.6) is 0 Å². The number of tetrazole rings is 1. The summed E-state index contributed by atoms with van der Waals surface area (Å²) in [6.07, 6.45) is 0. The Hall–Kier alpha value is -3.23. The van der Waals surface area contributed by atoms with Gasteiger partial charge in [-0.25, -0.2) is 9.07 Å². The van der Waals surface area contributed by atoms with Crippen molar-refractivity contribution < 1.29 is 9.18 Å². The molecule has 0 aliphatic heterocycles. The van der Waals surface area contributed by atoms with E-state index in [2.05, 4.69) is 26.9 Å². The summed E-state index contributed by atoms with van der Waals surface area (Å²) in [7, 11) is 3.91. The van der Waals surface area contributed by atoms with Gasteiger partial charge in [-0.15, -0.1) is 5.10 Å². The van der Waals surface area contributed by atoms with E-state index in [1.807, 2.05) is 32.8 Å². The van der Waals surface area contributed by atoms with Crippen LogP contribution in [-0.2, 0) is 11.3 Å². The van der Waals surface area contributed by atoms with Gasteiger partial charge in [0.1, 0.15) is 17.7 Å². The molecule has 0 aliphatic carbocycles. The second kappa shape index (κ2) is 9.72. The van der Waals surface area contributed by atoms with Gasteiger partial charge in [-0.05, 0) is 68.2 Å². The molecule has 31 heavy (non-hydrogen) atoms. The van der Waals surface area contributed by atoms with Gasteiger partial charge in [-0.1, -0.05) is 11.8 Å². The predicted molar refractivity (Wildman–Crippen MR) is 116 cm³/mol. The summed E-state index contributed by atoms with van der Waals surface area (Å²) < 4.78 is 16.8. The van der Waals surface area contributed by atoms with E-state index in [0.29, 0.717) is 28.8 Å². The Balaban J connectivity index is 1.79. The number of nitrogens with one attached hydrogen (secondary N) is 1. The number of anilines is 1. The zero-order chi connectivity index (χ0) is 22.5. The maximum atomic E-state index is 13.4. The molecule has 0 saturated heterocycles. The summed E-state index contributed by atoms with van der Waals surface area (Å²) in [5.74, 6) is -0.230. The lowest BCUT2D eigenvalue weighted by Crippen LogP contribution is -2.20. The number of likely N-dealkylation sites (N-methyl/N-ethyl adjacent to an activating group) is 1. The van der Waals surface area contributed by atoms with Crippen LogP contribution < -0.4 is 5.32 Å². The fraction of sp³-hybridized carbons (Fsp3) is 0.350. The Kier molecular flexibility index (Phi) is 7.04. The number of rotatable bonds is 8. The highest BCUT2D eigenvalue weighted by molar-refractivity contribution is 7.99. The van der Waals surface area contributed by atoms with Crippen LogP contribution >= 0.6 is 11.8 Å². The van der Waals surface area contributed by atoms with Gasteiger partial charge in [0, 0.05) is 17.9 Å². The number of amides is 1. The van der Waals surface area contributed by atoms with Crippen molar-refractivity contribution >= 4 is 23.5 Å². The third-order valence-electron chi connectivity index (χ3n) is 4.76. The topological polar surface area (TPSA) is 105 Å². The number of hydrogen-bond acceptors (Lipinski definition) is 7. The second-order valence-electron chi connectivity index (χ2n) is 7.18. The number of aromatic nitrogens is 5. The molecule has 11 heteroatoms. The normalized spacial score (nSPS) is 11.0. The first-order valence-electron chi connectivity index (χ1n) is 9.53. The van der Waals surface area contributed by atoms with E-state index in [-0.39, 0.29) is 17.5 Å². The van der Waals surface area contributed by atoms with Crippen molar-refractivity contribution in [2.24, 2.45) is 0 Å². The lowest BCUT2D eigenvalue weighted by molar-refractivity contribution is -0.113. The number of nitriles is 1. The van der Waals surface area contributed by atoms with Crippen molar-refractivity contribution in [3.05, 3.63) is 46.9 Å². The Morgan fingerprint density at radius 2 is 2.00 bits per heavy atom. The van der Waals surface area contributed by atoms with E-state index in [1.165, 1.54) is 23.9 Å². The third kappa shape index (κ3) is 5.10. The first kappa shape index (κ1) is 22.5. The Morgan fingerprint density at radius 3 is 2.65 bits per heavy atom. The van der Waals surface area contributed by atoms with Crippen LogP contribution in [0.1, 0.15) is 16.8 Å². The molecule has 3 aromatic rings. The highest BCUT2D eigenvalue weighted by Gasteiger charge is 2.21. The maximum Gasteiger partial charge on any atom is 0.236 e. The highest BCUT2D eigenvalue weighted by atomic mass is 32.2. The molecule has 0 atom stereocenters. The fourth-order valence-corrected chi connectivity index (χ4v) is 3.71. The quantitative estimate of drug-likeness (QED) is 0.534. The minimum Gasteiger partial charge on any atom is -0.310 e. The Morgan fingerprint density at radius 1 is 1.29 bits per heavy atom. The summed E-state index contributed by atoms with van der Waals surface area (Å²) in [6, 6.07) is 8.04. The van der Waals surface area contributed by atoms with Crippen LogP contribution in [0.25, 0.3) is 5.69 Å². The van der Waals surface area contributed by atoms with E-state index in [1.54, 1.807) is 21.4 Å². The van der Waals surface area contributed by atoms with Crippen molar-refractivity contribution in [3.63, 3.8) is 0 Å². The molecule has 0 unspecified atom stereocenters. The van der Waals surface area contributed by atoms with Gasteiger partial charge in [-0.3, -0.25) is 9.36 Å². The molecule has 0 fully saturated rings. The van der Waals surface area contributed by atoms with E-state index in [9.17, 15) is 14.4 Å². The van der Waals surface area contributed by atoms with Crippen LogP contribution in [0.4, 0.5) is 10.2 Å². The molecule has 1 amide bonds. The molecular weight excluding hydrogens is 419 g/mol. The molecule has 1 aromatic carbocycles. The summed E-state index contributed by atoms with van der Waals surface area (Å²) in [5.41, 5.74) is 2.57. The Labute approximate surface area is 183 Å². The SMILES string of the molecule is Cc1c(C#N)c(NC(=O)CSc2nnnn2CCN(C)C)n(-c2ccc(F)cc2)c1C. The van der Waals surface area contributed by atoms with E-state index < -0.39 is 0 Å². The van der Waals surface area contributed by atoms with Gasteiger partial charge in [0.05, 0.1) is 17.9 Å². The van der Waals surface area contributed by atoms with E-state index >= 15 is 0 Å². The van der Waals surface area contributed by atoms with Crippen LogP contribution in [0.15, 0.2) is 29.4 Å². The number of hydrogen-bond donors (Lipinski definition) is 1. The molecule has 2 heterocycles. The number of benzene rings is 1. The number of nitrogens with zero attached hydrogens (tertiary/aromatic N) is 7. The summed E-state index contributed by atoms with van der Waals surface area (Å²) in [6.45, 7) is 5.04. The maximum absolute atomic E-state index is 13.4. The molecule has 0 aliphatic rings. The molecular formula is C20H23FN8OS. The molecule has 0 spiro atoms. The minimum absolute atomic E-state index is 0.0693. The van der Waals surface area contributed by atoms with E-state index in [4.69, 9.17) is 0 Å². The van der Waals surface area contributed by atoms with Crippen LogP contribution in [0.2, 0.25) is 0 Å². The first-order valence-corrected chi connectivity index (χ1v) is 10.5. The zero-order valence-electron chi connectivity index (χ0n) is 17.8. The molecule has 162 valence electrons. The van der Waals surface area contributed by atoms with Crippen LogP contribution in [-0.4, -0.2) is 62.0 Å². The first-order chi connectivity index (χ1) is 14.8. The molecule has 1 N–H and O–H groups in total. The molecule has 3 rings (SSSR count). The lowest BCUT2D eigenvalue weighted by Gasteiger charge is -2.13. The van der Waals surface area contributed by atoms with Crippen molar-refractivity contribution in [2.45, 2.75) is 25.5 Å². The standard InChI is InChI=1S/C20H23FN8OS/c1-13-14(2)29(16-7-5-15(21)6-8-16)19(17(13)11-22)23-18(30)12-31-20-24-25-26-28(20)10-9-27(3)4/h5-8H,9-10,12H2,1-4H3,(H,23,30). The Bertz CT molecular complexity index is 1110. The monoisotopic (exact) mass is 442 g/mol. The van der Waals surface area contributed by atoms with Gasteiger partial charge >= 0.3 is 0 Å². The predicted octanol–water partition coefficient (Wildman–Crippen LogP) is 2.38. The molecule has 9 nitrogen and oxygen atoms in total. The molecule has 0 bridgehead atoms. The molecule has 0 saturated carbocycles. The van der Waals surface area contributed by atoms with Gasteiger partial charge in [0.25, 0.3) is 0 Å². The summed E-state index contributed by atoms with van der Waals surface area (Å²) in [4.78, 5) is 14.7. The van der Waals surface area contributed by atoms with Crippen LogP contribution in [0, 0.1) is 31.0 Å². The average Bonchev–Trinajstić information content (AvgIpc) is 3.28. The van der Waals surface area contributed by atoms with Crippen molar-refractivity contribution in [1.29, 1.82) is 5.26 Å². The van der Waals surface area contributed by atoms with Gasteiger partial charge in [0.2, 0.25) is 11.1 Å². The number of carbonyl (C=O) groups is 1. The van der Waals surface area contributed by atoms with Crippen LogP contribution in [0.3, 0.4) is 0 Å². The molecule has 2 aromatic heterocycles. The second-order valence-corrected chi connectivity index (χ2v) is 8.12.